The molecule has 0 saturated heterocycles. The van der Waals surface area contributed by atoms with Crippen LogP contribution in [0.2, 0.25) is 0 Å². The van der Waals surface area contributed by atoms with Crippen molar-refractivity contribution in [2.24, 2.45) is 0 Å². The summed E-state index contributed by atoms with van der Waals surface area (Å²) in [7, 11) is 0. The fraction of sp³-hybridized carbons (Fsp3) is 0.286. The van der Waals surface area contributed by atoms with Crippen LogP contribution in [-0.2, 0) is 0 Å². The van der Waals surface area contributed by atoms with Crippen LogP contribution in [0.5, 0.6) is 0 Å². The molecule has 0 spiro atoms. The molecule has 0 bridgehead atoms. The van der Waals surface area contributed by atoms with Gasteiger partial charge in [0.2, 0.25) is 0 Å². The summed E-state index contributed by atoms with van der Waals surface area (Å²) in [5.41, 5.74) is 1.81. The van der Waals surface area contributed by atoms with E-state index in [4.69, 9.17) is 4.42 Å². The standard InChI is InChI=1S/C14H16BrNO2/c1-9(13-7-8-14(15)18-13)16-12-6-4-3-5-11(12)10(2)17/h3-10,16-17H,1-2H3. The van der Waals surface area contributed by atoms with E-state index in [1.807, 2.05) is 43.3 Å². The Bertz CT molecular complexity index is 522. The van der Waals surface area contributed by atoms with Crippen molar-refractivity contribution in [3.63, 3.8) is 0 Å². The van der Waals surface area contributed by atoms with Crippen molar-refractivity contribution in [1.82, 2.24) is 0 Å². The summed E-state index contributed by atoms with van der Waals surface area (Å²) >= 11 is 3.29. The Kier molecular flexibility index (Phi) is 4.09. The number of halogens is 1. The lowest BCUT2D eigenvalue weighted by molar-refractivity contribution is 0.200. The first-order valence-corrected chi connectivity index (χ1v) is 6.66. The van der Waals surface area contributed by atoms with Crippen molar-refractivity contribution < 1.29 is 9.52 Å². The second-order valence-corrected chi connectivity index (χ2v) is 5.05. The van der Waals surface area contributed by atoms with Crippen LogP contribution in [0.15, 0.2) is 45.5 Å². The van der Waals surface area contributed by atoms with Gasteiger partial charge >= 0.3 is 0 Å². The Hall–Kier alpha value is -1.26. The third-order valence-electron chi connectivity index (χ3n) is 2.80. The van der Waals surface area contributed by atoms with Gasteiger partial charge in [-0.25, -0.2) is 0 Å². The zero-order valence-corrected chi connectivity index (χ0v) is 11.9. The van der Waals surface area contributed by atoms with Crippen molar-refractivity contribution >= 4 is 21.6 Å². The molecule has 0 aliphatic carbocycles. The van der Waals surface area contributed by atoms with Gasteiger partial charge in [-0.2, -0.15) is 0 Å². The van der Waals surface area contributed by atoms with Crippen LogP contribution in [-0.4, -0.2) is 5.11 Å². The normalized spacial score (nSPS) is 14.2. The second kappa shape index (κ2) is 5.59. The molecule has 0 radical (unpaired) electrons. The number of furan rings is 1. The summed E-state index contributed by atoms with van der Waals surface area (Å²) in [5.74, 6) is 0.849. The molecular weight excluding hydrogens is 294 g/mol. The zero-order chi connectivity index (χ0) is 13.1. The Balaban J connectivity index is 2.19. The lowest BCUT2D eigenvalue weighted by atomic mass is 10.1. The first-order chi connectivity index (χ1) is 8.58. The van der Waals surface area contributed by atoms with E-state index in [0.29, 0.717) is 0 Å². The Morgan fingerprint density at radius 1 is 1.17 bits per heavy atom. The topological polar surface area (TPSA) is 45.4 Å². The molecule has 0 aliphatic rings. The van der Waals surface area contributed by atoms with Gasteiger partial charge in [-0.15, -0.1) is 0 Å². The summed E-state index contributed by atoms with van der Waals surface area (Å²) in [6, 6.07) is 11.6. The van der Waals surface area contributed by atoms with E-state index < -0.39 is 6.10 Å². The fourth-order valence-corrected chi connectivity index (χ4v) is 2.18. The van der Waals surface area contributed by atoms with Crippen LogP contribution < -0.4 is 5.32 Å². The van der Waals surface area contributed by atoms with Gasteiger partial charge in [0.25, 0.3) is 0 Å². The smallest absolute Gasteiger partial charge is 0.169 e. The van der Waals surface area contributed by atoms with E-state index >= 15 is 0 Å². The van der Waals surface area contributed by atoms with Crippen molar-refractivity contribution in [2.75, 3.05) is 5.32 Å². The number of rotatable bonds is 4. The maximum atomic E-state index is 9.72. The van der Waals surface area contributed by atoms with E-state index in [2.05, 4.69) is 21.2 Å². The van der Waals surface area contributed by atoms with E-state index in [0.717, 1.165) is 21.7 Å². The molecule has 0 amide bonds. The van der Waals surface area contributed by atoms with Gasteiger partial charge in [0, 0.05) is 11.3 Å². The van der Waals surface area contributed by atoms with Crippen LogP contribution >= 0.6 is 15.9 Å². The highest BCUT2D eigenvalue weighted by atomic mass is 79.9. The molecule has 18 heavy (non-hydrogen) atoms. The Labute approximate surface area is 115 Å². The molecule has 4 heteroatoms. The molecule has 0 saturated carbocycles. The van der Waals surface area contributed by atoms with Gasteiger partial charge in [0.15, 0.2) is 4.67 Å². The number of para-hydroxylation sites is 1. The average molecular weight is 310 g/mol. The predicted molar refractivity (Wildman–Crippen MR) is 75.5 cm³/mol. The molecule has 1 aromatic carbocycles. The maximum absolute atomic E-state index is 9.72. The average Bonchev–Trinajstić information content (AvgIpc) is 2.76. The lowest BCUT2D eigenvalue weighted by Crippen LogP contribution is -2.08. The maximum Gasteiger partial charge on any atom is 0.169 e. The molecule has 2 N–H and O–H groups in total. The van der Waals surface area contributed by atoms with Gasteiger partial charge in [0.1, 0.15) is 5.76 Å². The van der Waals surface area contributed by atoms with Crippen LogP contribution in [0.3, 0.4) is 0 Å². The highest BCUT2D eigenvalue weighted by Gasteiger charge is 2.13. The highest BCUT2D eigenvalue weighted by molar-refractivity contribution is 9.10. The first-order valence-electron chi connectivity index (χ1n) is 5.86. The number of benzene rings is 1. The molecule has 2 unspecified atom stereocenters. The summed E-state index contributed by atoms with van der Waals surface area (Å²) in [5, 5.41) is 13.1. The fourth-order valence-electron chi connectivity index (χ4n) is 1.86. The highest BCUT2D eigenvalue weighted by Crippen LogP contribution is 2.28. The SMILES string of the molecule is CC(O)c1ccccc1NC(C)c1ccc(Br)o1. The molecular formula is C14H16BrNO2. The van der Waals surface area contributed by atoms with E-state index in [1.165, 1.54) is 0 Å². The summed E-state index contributed by atoms with van der Waals surface area (Å²) in [6.07, 6.45) is -0.496. The minimum absolute atomic E-state index is 0.0381. The van der Waals surface area contributed by atoms with Gasteiger partial charge in [-0.05, 0) is 48.0 Å². The number of aliphatic hydroxyl groups is 1. The van der Waals surface area contributed by atoms with Crippen molar-refractivity contribution in [2.45, 2.75) is 26.0 Å². The Morgan fingerprint density at radius 3 is 2.50 bits per heavy atom. The molecule has 2 rings (SSSR count). The largest absolute Gasteiger partial charge is 0.452 e. The van der Waals surface area contributed by atoms with Crippen LogP contribution in [0.4, 0.5) is 5.69 Å². The number of nitrogens with one attached hydrogen (secondary N) is 1. The number of aliphatic hydroxyl groups excluding tert-OH is 1. The monoisotopic (exact) mass is 309 g/mol. The van der Waals surface area contributed by atoms with Gasteiger partial charge < -0.3 is 14.8 Å². The molecule has 96 valence electrons. The summed E-state index contributed by atoms with van der Waals surface area (Å²) < 4.78 is 6.23. The van der Waals surface area contributed by atoms with Crippen LogP contribution in [0, 0.1) is 0 Å². The molecule has 1 heterocycles. The Morgan fingerprint density at radius 2 is 1.89 bits per heavy atom. The minimum atomic E-state index is -0.496. The third kappa shape index (κ3) is 2.94. The van der Waals surface area contributed by atoms with Crippen LogP contribution in [0.25, 0.3) is 0 Å². The van der Waals surface area contributed by atoms with E-state index in [1.54, 1.807) is 6.92 Å². The van der Waals surface area contributed by atoms with Crippen molar-refractivity contribution in [1.29, 1.82) is 0 Å². The van der Waals surface area contributed by atoms with Crippen molar-refractivity contribution in [3.8, 4) is 0 Å². The minimum Gasteiger partial charge on any atom is -0.452 e. The quantitative estimate of drug-likeness (QED) is 0.886. The number of anilines is 1. The molecule has 0 aliphatic heterocycles. The van der Waals surface area contributed by atoms with Gasteiger partial charge in [-0.1, -0.05) is 18.2 Å². The first kappa shape index (κ1) is 13.2. The molecule has 2 aromatic rings. The van der Waals surface area contributed by atoms with Crippen molar-refractivity contribution in [3.05, 3.63) is 52.4 Å². The molecule has 3 nitrogen and oxygen atoms in total. The molecule has 2 atom stereocenters. The second-order valence-electron chi connectivity index (χ2n) is 4.27. The van der Waals surface area contributed by atoms with Gasteiger partial charge in [0.05, 0.1) is 12.1 Å². The molecule has 1 aromatic heterocycles. The van der Waals surface area contributed by atoms with E-state index in [9.17, 15) is 5.11 Å². The lowest BCUT2D eigenvalue weighted by Gasteiger charge is -2.17. The number of hydrogen-bond donors (Lipinski definition) is 2. The predicted octanol–water partition coefficient (Wildman–Crippen LogP) is 4.27. The van der Waals surface area contributed by atoms with Gasteiger partial charge in [-0.3, -0.25) is 0 Å². The van der Waals surface area contributed by atoms with E-state index in [-0.39, 0.29) is 6.04 Å². The summed E-state index contributed by atoms with van der Waals surface area (Å²) in [4.78, 5) is 0. The summed E-state index contributed by atoms with van der Waals surface area (Å²) in [6.45, 7) is 3.78. The number of hydrogen-bond acceptors (Lipinski definition) is 3. The molecule has 0 fully saturated rings. The van der Waals surface area contributed by atoms with Crippen LogP contribution in [0.1, 0.15) is 37.3 Å². The zero-order valence-electron chi connectivity index (χ0n) is 10.4. The third-order valence-corrected chi connectivity index (χ3v) is 3.23.